The van der Waals surface area contributed by atoms with Gasteiger partial charge in [0.15, 0.2) is 0 Å². The SMILES string of the molecule is CC(C)(C)c1cc2cc(C(C)(C)C)cc3c4ccc5c6ccc7c8ccc9c%10cc(C(C)(C)C)cc%11cc(C(C)(C)C)cc(c%12ccc(c%13ccc(c%14ccc(c(c1)c23)c4c%145)c6c%137)c8c%129)c%11%10. The molecule has 0 radical (unpaired) electrons. The molecular formula is C66H56. The third kappa shape index (κ3) is 4.80. The van der Waals surface area contributed by atoms with Gasteiger partial charge in [-0.05, 0) is 208 Å². The van der Waals surface area contributed by atoms with Crippen molar-refractivity contribution in [1.29, 1.82) is 0 Å². The van der Waals surface area contributed by atoms with Crippen molar-refractivity contribution in [3.8, 4) is 0 Å². The lowest BCUT2D eigenvalue weighted by Gasteiger charge is -2.26. The van der Waals surface area contributed by atoms with Gasteiger partial charge >= 0.3 is 0 Å². The maximum absolute atomic E-state index is 2.51. The van der Waals surface area contributed by atoms with Crippen molar-refractivity contribution in [3.05, 3.63) is 144 Å². The summed E-state index contributed by atoms with van der Waals surface area (Å²) < 4.78 is 0. The van der Waals surface area contributed by atoms with Crippen LogP contribution in [0.1, 0.15) is 105 Å². The van der Waals surface area contributed by atoms with E-state index >= 15 is 0 Å². The minimum atomic E-state index is 0.0251. The van der Waals surface area contributed by atoms with E-state index in [0.29, 0.717) is 0 Å². The summed E-state index contributed by atoms with van der Waals surface area (Å²) in [6.07, 6.45) is 0. The second-order valence-electron chi connectivity index (χ2n) is 24.5. The Balaban J connectivity index is 1.13. The Hall–Kier alpha value is -6.50. The van der Waals surface area contributed by atoms with Crippen LogP contribution in [-0.4, -0.2) is 0 Å². The first-order valence-electron chi connectivity index (χ1n) is 24.3. The summed E-state index contributed by atoms with van der Waals surface area (Å²) in [5, 5.41) is 35.6. The molecule has 0 unspecified atom stereocenters. The van der Waals surface area contributed by atoms with Crippen molar-refractivity contribution < 1.29 is 0 Å². The normalized spacial score (nSPS) is 14.1. The fourth-order valence-corrected chi connectivity index (χ4v) is 12.8. The highest BCUT2D eigenvalue weighted by Gasteiger charge is 2.28. The van der Waals surface area contributed by atoms with E-state index in [4.69, 9.17) is 0 Å². The fourth-order valence-electron chi connectivity index (χ4n) is 12.8. The lowest BCUT2D eigenvalue weighted by Crippen LogP contribution is -2.13. The molecule has 0 aliphatic rings. The molecule has 0 fully saturated rings. The fraction of sp³-hybridized carbons (Fsp3) is 0.242. The predicted octanol–water partition coefficient (Wildman–Crippen LogP) is 19.6. The standard InChI is InChI=1S/C66H56/c1-63(2,3)35-25-33-26-36(64(4,5)6)30-52-48-22-18-44-40-14-16-42-46-20-24-50-54-32-38(66(10,11)12)28-34-27-37(65(7,8)9)31-53(56(34)54)49-23-19-45(60(46)62(49)50)41-15-13-39(57(40)58(41)42)43-17-21-47(61(48)59(43)44)51(29-35)55(33)52/h13-32H,1-12H3. The highest BCUT2D eigenvalue weighted by atomic mass is 14.3. The molecule has 14 aromatic rings. The summed E-state index contributed by atoms with van der Waals surface area (Å²) in [5.41, 5.74) is 5.66. The lowest BCUT2D eigenvalue weighted by molar-refractivity contribution is 0.589. The molecule has 0 aromatic heterocycles. The summed E-state index contributed by atoms with van der Waals surface area (Å²) in [4.78, 5) is 0. The van der Waals surface area contributed by atoms with Crippen LogP contribution in [0.5, 0.6) is 0 Å². The van der Waals surface area contributed by atoms with Gasteiger partial charge in [-0.1, -0.05) is 180 Å². The maximum atomic E-state index is 2.51. The smallest absolute Gasteiger partial charge is 0.00139 e. The van der Waals surface area contributed by atoms with Crippen LogP contribution in [-0.2, 0) is 21.7 Å². The predicted molar refractivity (Wildman–Crippen MR) is 294 cm³/mol. The molecule has 0 heterocycles. The van der Waals surface area contributed by atoms with Crippen molar-refractivity contribution in [1.82, 2.24) is 0 Å². The Morgan fingerprint density at radius 2 is 0.333 bits per heavy atom. The van der Waals surface area contributed by atoms with Crippen LogP contribution in [0.15, 0.2) is 121 Å². The zero-order chi connectivity index (χ0) is 45.5. The quantitative estimate of drug-likeness (QED) is 0.105. The molecule has 0 nitrogen and oxygen atoms in total. The van der Waals surface area contributed by atoms with E-state index in [-0.39, 0.29) is 21.7 Å². The summed E-state index contributed by atoms with van der Waals surface area (Å²) >= 11 is 0. The topological polar surface area (TPSA) is 0 Å². The summed E-state index contributed by atoms with van der Waals surface area (Å²) in [7, 11) is 0. The first kappa shape index (κ1) is 38.7. The van der Waals surface area contributed by atoms with Gasteiger partial charge in [-0.25, -0.2) is 0 Å². The molecule has 0 spiro atoms. The van der Waals surface area contributed by atoms with Gasteiger partial charge in [0.2, 0.25) is 0 Å². The number of hydrogen-bond acceptors (Lipinski definition) is 0. The van der Waals surface area contributed by atoms with Gasteiger partial charge in [0, 0.05) is 0 Å². The number of fused-ring (bicyclic) bond motifs is 8. The van der Waals surface area contributed by atoms with Crippen LogP contribution in [0.2, 0.25) is 0 Å². The van der Waals surface area contributed by atoms with Crippen molar-refractivity contribution in [2.75, 3.05) is 0 Å². The van der Waals surface area contributed by atoms with E-state index < -0.39 is 0 Å². The van der Waals surface area contributed by atoms with Crippen molar-refractivity contribution in [2.24, 2.45) is 0 Å². The first-order valence-corrected chi connectivity index (χ1v) is 24.3. The van der Waals surface area contributed by atoms with Crippen LogP contribution >= 0.6 is 0 Å². The van der Waals surface area contributed by atoms with Crippen molar-refractivity contribution >= 4 is 140 Å². The number of benzene rings is 14. The first-order chi connectivity index (χ1) is 31.3. The molecule has 0 saturated heterocycles. The Bertz CT molecular complexity index is 3890. The Kier molecular flexibility index (Phi) is 6.98. The molecule has 0 amide bonds. The van der Waals surface area contributed by atoms with E-state index in [9.17, 15) is 0 Å². The number of rotatable bonds is 0. The second-order valence-corrected chi connectivity index (χ2v) is 24.5. The largest absolute Gasteiger partial charge is 0.0561 e. The molecule has 0 aliphatic heterocycles. The van der Waals surface area contributed by atoms with Crippen LogP contribution in [0, 0.1) is 0 Å². The van der Waals surface area contributed by atoms with Crippen LogP contribution in [0.4, 0.5) is 0 Å². The minimum absolute atomic E-state index is 0.0251. The third-order valence-corrected chi connectivity index (χ3v) is 16.4. The zero-order valence-corrected chi connectivity index (χ0v) is 40.5. The third-order valence-electron chi connectivity index (χ3n) is 16.4. The van der Waals surface area contributed by atoms with E-state index in [2.05, 4.69) is 204 Å². The molecular weight excluding hydrogens is 793 g/mol. The Labute approximate surface area is 386 Å². The number of hydrogen-bond donors (Lipinski definition) is 0. The van der Waals surface area contributed by atoms with E-state index in [1.165, 1.54) is 162 Å². The van der Waals surface area contributed by atoms with E-state index in [1.54, 1.807) is 0 Å². The van der Waals surface area contributed by atoms with Crippen LogP contribution in [0.25, 0.3) is 140 Å². The van der Waals surface area contributed by atoms with Crippen molar-refractivity contribution in [3.63, 3.8) is 0 Å². The van der Waals surface area contributed by atoms with Gasteiger partial charge in [-0.15, -0.1) is 0 Å². The highest BCUT2D eigenvalue weighted by Crippen LogP contribution is 2.53. The van der Waals surface area contributed by atoms with Gasteiger partial charge < -0.3 is 0 Å². The van der Waals surface area contributed by atoms with Gasteiger partial charge in [-0.3, -0.25) is 0 Å². The summed E-state index contributed by atoms with van der Waals surface area (Å²) in [6, 6.07) is 49.5. The van der Waals surface area contributed by atoms with Crippen LogP contribution < -0.4 is 0 Å². The van der Waals surface area contributed by atoms with Crippen molar-refractivity contribution in [2.45, 2.75) is 105 Å². The second kappa shape index (κ2) is 11.9. The molecule has 0 saturated carbocycles. The summed E-state index contributed by atoms with van der Waals surface area (Å²) in [5.74, 6) is 0. The van der Waals surface area contributed by atoms with Gasteiger partial charge in [0.05, 0.1) is 0 Å². The molecule has 0 N–H and O–H groups in total. The van der Waals surface area contributed by atoms with Gasteiger partial charge in [0.1, 0.15) is 0 Å². The van der Waals surface area contributed by atoms with E-state index in [0.717, 1.165) is 0 Å². The summed E-state index contributed by atoms with van der Waals surface area (Å²) in [6.45, 7) is 28.2. The molecule has 0 atom stereocenters. The van der Waals surface area contributed by atoms with Gasteiger partial charge in [0.25, 0.3) is 0 Å². The molecule has 320 valence electrons. The highest BCUT2D eigenvalue weighted by molar-refractivity contribution is 6.48. The zero-order valence-electron chi connectivity index (χ0n) is 40.5. The van der Waals surface area contributed by atoms with E-state index in [1.807, 2.05) is 0 Å². The Morgan fingerprint density at radius 3 is 0.485 bits per heavy atom. The molecule has 14 rings (SSSR count). The maximum Gasteiger partial charge on any atom is -0.00139 e. The average molecular weight is 849 g/mol. The monoisotopic (exact) mass is 848 g/mol. The van der Waals surface area contributed by atoms with Gasteiger partial charge in [-0.2, -0.15) is 0 Å². The molecule has 0 heteroatoms. The molecule has 0 aliphatic carbocycles. The molecule has 14 aromatic carbocycles. The van der Waals surface area contributed by atoms with Crippen LogP contribution in [0.3, 0.4) is 0 Å². The molecule has 0 bridgehead atoms. The average Bonchev–Trinajstić information content (AvgIpc) is 3.26. The molecule has 66 heavy (non-hydrogen) atoms. The lowest BCUT2D eigenvalue weighted by atomic mass is 9.77. The minimum Gasteiger partial charge on any atom is -0.0561 e. The Morgan fingerprint density at radius 1 is 0.182 bits per heavy atom.